The van der Waals surface area contributed by atoms with Crippen molar-refractivity contribution in [2.75, 3.05) is 13.2 Å². The second-order valence-corrected chi connectivity index (χ2v) is 8.85. The highest BCUT2D eigenvalue weighted by molar-refractivity contribution is 8.18. The molecule has 1 aromatic heterocycles. The van der Waals surface area contributed by atoms with E-state index in [1.807, 2.05) is 63.2 Å². The average molecular weight is 475 g/mol. The first-order valence-electron chi connectivity index (χ1n) is 11.1. The molecule has 2 heterocycles. The van der Waals surface area contributed by atoms with Gasteiger partial charge in [-0.1, -0.05) is 24.3 Å². The van der Waals surface area contributed by atoms with Gasteiger partial charge in [-0.25, -0.2) is 9.79 Å². The third-order valence-electron chi connectivity index (χ3n) is 5.37. The van der Waals surface area contributed by atoms with E-state index in [9.17, 15) is 9.59 Å². The zero-order valence-electron chi connectivity index (χ0n) is 19.6. The van der Waals surface area contributed by atoms with Gasteiger partial charge >= 0.3 is 5.97 Å². The number of carbonyl (C=O) groups excluding carboxylic acids is 2. The van der Waals surface area contributed by atoms with Crippen molar-refractivity contribution in [2.45, 2.75) is 27.7 Å². The van der Waals surface area contributed by atoms with Crippen LogP contribution in [-0.2, 0) is 9.53 Å². The highest BCUT2D eigenvalue weighted by Gasteiger charge is 2.32. The Bertz CT molecular complexity index is 1290. The zero-order chi connectivity index (χ0) is 24.2. The van der Waals surface area contributed by atoms with Crippen molar-refractivity contribution >= 4 is 40.6 Å². The summed E-state index contributed by atoms with van der Waals surface area (Å²) < 4.78 is 11.0. The molecule has 1 aliphatic rings. The molecule has 174 valence electrons. The fraction of sp³-hybridized carbons (Fsp3) is 0.222. The van der Waals surface area contributed by atoms with Crippen LogP contribution in [-0.4, -0.2) is 35.1 Å². The number of rotatable bonds is 6. The largest absolute Gasteiger partial charge is 0.462 e. The number of nitrogens with zero attached hydrogens (tertiary/aromatic N) is 2. The van der Waals surface area contributed by atoms with Gasteiger partial charge < -0.3 is 9.15 Å². The van der Waals surface area contributed by atoms with Crippen LogP contribution in [0.15, 0.2) is 68.9 Å². The molecular weight excluding hydrogens is 448 g/mol. The minimum atomic E-state index is -0.352. The van der Waals surface area contributed by atoms with Crippen LogP contribution in [0.2, 0.25) is 0 Å². The molecule has 1 amide bonds. The van der Waals surface area contributed by atoms with Gasteiger partial charge in [0.05, 0.1) is 22.8 Å². The fourth-order valence-electron chi connectivity index (χ4n) is 3.51. The number of thioether (sulfide) groups is 1. The Morgan fingerprint density at radius 1 is 1.09 bits per heavy atom. The number of aryl methyl sites for hydroxylation is 2. The Kier molecular flexibility index (Phi) is 7.03. The van der Waals surface area contributed by atoms with Gasteiger partial charge in [0.2, 0.25) is 0 Å². The standard InChI is InChI=1S/C27H26N2O4S/c1-5-29-25(30)24(34-27(29)28-22-15-17(3)7-8-18(22)4)16-21-13-14-23(33-21)19-9-11-20(12-10-19)26(31)32-6-2/h7-16H,5-6H2,1-4H3/b24-16+,28-27?. The second-order valence-electron chi connectivity index (χ2n) is 7.84. The Morgan fingerprint density at radius 2 is 1.85 bits per heavy atom. The fourth-order valence-corrected chi connectivity index (χ4v) is 4.55. The molecule has 7 heteroatoms. The van der Waals surface area contributed by atoms with E-state index in [0.29, 0.717) is 40.3 Å². The summed E-state index contributed by atoms with van der Waals surface area (Å²) >= 11 is 1.35. The van der Waals surface area contributed by atoms with Crippen molar-refractivity contribution in [3.8, 4) is 11.3 Å². The molecule has 6 nitrogen and oxygen atoms in total. The lowest BCUT2D eigenvalue weighted by molar-refractivity contribution is -0.122. The number of hydrogen-bond acceptors (Lipinski definition) is 6. The number of ether oxygens (including phenoxy) is 1. The molecule has 0 N–H and O–H groups in total. The second kappa shape index (κ2) is 10.1. The van der Waals surface area contributed by atoms with Gasteiger partial charge in [0, 0.05) is 18.2 Å². The van der Waals surface area contributed by atoms with Crippen LogP contribution >= 0.6 is 11.8 Å². The van der Waals surface area contributed by atoms with Gasteiger partial charge in [0.15, 0.2) is 5.17 Å². The molecular formula is C27H26N2O4S. The summed E-state index contributed by atoms with van der Waals surface area (Å²) in [5.74, 6) is 0.779. The Morgan fingerprint density at radius 3 is 2.56 bits per heavy atom. The van der Waals surface area contributed by atoms with E-state index in [2.05, 4.69) is 0 Å². The first-order valence-corrected chi connectivity index (χ1v) is 12.0. The van der Waals surface area contributed by atoms with Gasteiger partial charge in [0.1, 0.15) is 11.5 Å². The predicted octanol–water partition coefficient (Wildman–Crippen LogP) is 6.36. The number of benzene rings is 2. The summed E-state index contributed by atoms with van der Waals surface area (Å²) in [5.41, 5.74) is 4.36. The topological polar surface area (TPSA) is 72.1 Å². The molecule has 4 rings (SSSR count). The molecule has 0 aliphatic carbocycles. The molecule has 0 saturated carbocycles. The molecule has 0 spiro atoms. The van der Waals surface area contributed by atoms with Gasteiger partial charge in [-0.3, -0.25) is 9.69 Å². The summed E-state index contributed by atoms with van der Waals surface area (Å²) in [6, 6.07) is 16.8. The lowest BCUT2D eigenvalue weighted by Crippen LogP contribution is -2.28. The maximum Gasteiger partial charge on any atom is 0.338 e. The van der Waals surface area contributed by atoms with Gasteiger partial charge in [0.25, 0.3) is 5.91 Å². The molecule has 1 saturated heterocycles. The van der Waals surface area contributed by atoms with Crippen LogP contribution in [0.1, 0.15) is 41.1 Å². The predicted molar refractivity (Wildman–Crippen MR) is 136 cm³/mol. The van der Waals surface area contributed by atoms with Crippen molar-refractivity contribution in [3.63, 3.8) is 0 Å². The highest BCUT2D eigenvalue weighted by Crippen LogP contribution is 2.35. The van der Waals surface area contributed by atoms with E-state index in [0.717, 1.165) is 22.4 Å². The van der Waals surface area contributed by atoms with Crippen LogP contribution in [0.5, 0.6) is 0 Å². The number of furan rings is 1. The number of likely N-dealkylation sites (N-methyl/N-ethyl adjacent to an activating group) is 1. The third-order valence-corrected chi connectivity index (χ3v) is 6.37. The summed E-state index contributed by atoms with van der Waals surface area (Å²) in [6.45, 7) is 8.61. The minimum Gasteiger partial charge on any atom is -0.462 e. The zero-order valence-corrected chi connectivity index (χ0v) is 20.4. The highest BCUT2D eigenvalue weighted by atomic mass is 32.2. The van der Waals surface area contributed by atoms with Crippen molar-refractivity contribution in [1.82, 2.24) is 4.90 Å². The van der Waals surface area contributed by atoms with Crippen molar-refractivity contribution < 1.29 is 18.7 Å². The molecule has 0 unspecified atom stereocenters. The van der Waals surface area contributed by atoms with Crippen molar-refractivity contribution in [1.29, 1.82) is 0 Å². The number of amides is 1. The van der Waals surface area contributed by atoms with Crippen molar-refractivity contribution in [3.05, 3.63) is 82.0 Å². The summed E-state index contributed by atoms with van der Waals surface area (Å²) in [6.07, 6.45) is 1.75. The minimum absolute atomic E-state index is 0.0895. The van der Waals surface area contributed by atoms with Crippen molar-refractivity contribution in [2.24, 2.45) is 4.99 Å². The first kappa shape index (κ1) is 23.6. The molecule has 0 atom stereocenters. The molecule has 1 aliphatic heterocycles. The van der Waals surface area contributed by atoms with Gasteiger partial charge in [-0.2, -0.15) is 0 Å². The SMILES string of the molecule is CCOC(=O)c1ccc(-c2ccc(/C=C3/SC(=Nc4cc(C)ccc4C)N(CC)C3=O)o2)cc1. The van der Waals surface area contributed by atoms with E-state index >= 15 is 0 Å². The normalized spacial score (nSPS) is 16.0. The molecule has 2 aromatic carbocycles. The third kappa shape index (κ3) is 4.99. The number of amidine groups is 1. The molecule has 0 bridgehead atoms. The number of esters is 1. The molecule has 1 fully saturated rings. The smallest absolute Gasteiger partial charge is 0.338 e. The first-order chi connectivity index (χ1) is 16.4. The summed E-state index contributed by atoms with van der Waals surface area (Å²) in [5, 5.41) is 0.661. The van der Waals surface area contributed by atoms with Crippen LogP contribution < -0.4 is 0 Å². The Labute approximate surface area is 203 Å². The van der Waals surface area contributed by atoms with Crippen LogP contribution in [0, 0.1) is 13.8 Å². The maximum atomic E-state index is 13.0. The van der Waals surface area contributed by atoms with Crippen LogP contribution in [0.25, 0.3) is 17.4 Å². The maximum absolute atomic E-state index is 13.0. The number of aliphatic imine (C=N–C) groups is 1. The van der Waals surface area contributed by atoms with Gasteiger partial charge in [-0.15, -0.1) is 0 Å². The van der Waals surface area contributed by atoms with E-state index in [1.165, 1.54) is 11.8 Å². The van der Waals surface area contributed by atoms with E-state index in [1.54, 1.807) is 30.0 Å². The number of carbonyl (C=O) groups is 2. The van der Waals surface area contributed by atoms with Gasteiger partial charge in [-0.05, 0) is 80.9 Å². The van der Waals surface area contributed by atoms with Crippen LogP contribution in [0.4, 0.5) is 5.69 Å². The monoisotopic (exact) mass is 474 g/mol. The molecule has 34 heavy (non-hydrogen) atoms. The number of hydrogen-bond donors (Lipinski definition) is 0. The quantitative estimate of drug-likeness (QED) is 0.307. The van der Waals surface area contributed by atoms with Crippen LogP contribution in [0.3, 0.4) is 0 Å². The molecule has 0 radical (unpaired) electrons. The average Bonchev–Trinajstić information content (AvgIpc) is 3.41. The lowest BCUT2D eigenvalue weighted by atomic mass is 10.1. The molecule has 3 aromatic rings. The van der Waals surface area contributed by atoms with E-state index in [-0.39, 0.29) is 11.9 Å². The Balaban J connectivity index is 1.57. The summed E-state index contributed by atoms with van der Waals surface area (Å²) in [7, 11) is 0. The Hall–Kier alpha value is -3.58. The summed E-state index contributed by atoms with van der Waals surface area (Å²) in [4.78, 5) is 31.9. The van der Waals surface area contributed by atoms with E-state index in [4.69, 9.17) is 14.1 Å². The lowest BCUT2D eigenvalue weighted by Gasteiger charge is -2.12. The van der Waals surface area contributed by atoms with E-state index < -0.39 is 0 Å².